The van der Waals surface area contributed by atoms with Gasteiger partial charge in [0.15, 0.2) is 0 Å². The average Bonchev–Trinajstić information content (AvgIpc) is 2.94. The predicted octanol–water partition coefficient (Wildman–Crippen LogP) is 1.75. The molecule has 2 atom stereocenters. The molecule has 2 fully saturated rings. The van der Waals surface area contributed by atoms with E-state index in [4.69, 9.17) is 0 Å². The third kappa shape index (κ3) is 2.29. The van der Waals surface area contributed by atoms with E-state index in [0.29, 0.717) is 11.6 Å². The standard InChI is InChI=1S/C13H19N3OS/c1-16-10-2-3-11(16)5-9(4-10)6-14-13(17)12-7-18-8-15-12/h7-11H,2-6H2,1H3,(H,14,17). The summed E-state index contributed by atoms with van der Waals surface area (Å²) >= 11 is 1.46. The molecule has 2 unspecified atom stereocenters. The molecule has 2 bridgehead atoms. The summed E-state index contributed by atoms with van der Waals surface area (Å²) in [5, 5.41) is 4.82. The highest BCUT2D eigenvalue weighted by atomic mass is 32.1. The number of rotatable bonds is 3. The first-order valence-electron chi connectivity index (χ1n) is 6.62. The topological polar surface area (TPSA) is 45.2 Å². The lowest BCUT2D eigenvalue weighted by molar-refractivity contribution is 0.0913. The van der Waals surface area contributed by atoms with Gasteiger partial charge in [0, 0.05) is 24.0 Å². The lowest BCUT2D eigenvalue weighted by atomic mass is 9.91. The zero-order valence-electron chi connectivity index (χ0n) is 10.6. The number of nitrogens with zero attached hydrogens (tertiary/aromatic N) is 2. The summed E-state index contributed by atoms with van der Waals surface area (Å²) in [5.41, 5.74) is 2.25. The Balaban J connectivity index is 1.51. The molecule has 1 aromatic rings. The van der Waals surface area contributed by atoms with Gasteiger partial charge in [-0.05, 0) is 38.6 Å². The summed E-state index contributed by atoms with van der Waals surface area (Å²) in [4.78, 5) is 18.4. The van der Waals surface area contributed by atoms with Crippen LogP contribution >= 0.6 is 11.3 Å². The maximum atomic E-state index is 11.8. The minimum atomic E-state index is -0.0254. The number of piperidine rings is 1. The third-order valence-electron chi connectivity index (χ3n) is 4.41. The number of nitrogens with one attached hydrogen (secondary N) is 1. The minimum absolute atomic E-state index is 0.0254. The van der Waals surface area contributed by atoms with E-state index in [-0.39, 0.29) is 5.91 Å². The summed E-state index contributed by atoms with van der Waals surface area (Å²) in [7, 11) is 2.24. The van der Waals surface area contributed by atoms with E-state index in [1.54, 1.807) is 10.9 Å². The molecule has 5 heteroatoms. The van der Waals surface area contributed by atoms with Crippen LogP contribution in [-0.4, -0.2) is 41.5 Å². The molecule has 3 rings (SSSR count). The number of fused-ring (bicyclic) bond motifs is 2. The molecular weight excluding hydrogens is 246 g/mol. The third-order valence-corrected chi connectivity index (χ3v) is 5.00. The fourth-order valence-electron chi connectivity index (χ4n) is 3.34. The lowest BCUT2D eigenvalue weighted by Crippen LogP contribution is -2.43. The van der Waals surface area contributed by atoms with Crippen molar-refractivity contribution in [1.29, 1.82) is 0 Å². The van der Waals surface area contributed by atoms with Crippen molar-refractivity contribution < 1.29 is 4.79 Å². The molecule has 2 saturated heterocycles. The minimum Gasteiger partial charge on any atom is -0.350 e. The Kier molecular flexibility index (Phi) is 3.35. The summed E-state index contributed by atoms with van der Waals surface area (Å²) < 4.78 is 0. The fourth-order valence-corrected chi connectivity index (χ4v) is 3.88. The molecule has 0 spiro atoms. The van der Waals surface area contributed by atoms with Crippen LogP contribution in [-0.2, 0) is 0 Å². The molecule has 2 aliphatic heterocycles. The Morgan fingerprint density at radius 3 is 2.83 bits per heavy atom. The molecule has 0 saturated carbocycles. The first kappa shape index (κ1) is 12.1. The first-order valence-corrected chi connectivity index (χ1v) is 7.56. The molecule has 2 aliphatic rings. The molecular formula is C13H19N3OS. The number of carbonyl (C=O) groups is 1. The van der Waals surface area contributed by atoms with Crippen LogP contribution in [0.4, 0.5) is 0 Å². The van der Waals surface area contributed by atoms with Crippen LogP contribution in [0.1, 0.15) is 36.2 Å². The fraction of sp³-hybridized carbons (Fsp3) is 0.692. The highest BCUT2D eigenvalue weighted by molar-refractivity contribution is 7.07. The van der Waals surface area contributed by atoms with E-state index < -0.39 is 0 Å². The van der Waals surface area contributed by atoms with Crippen molar-refractivity contribution >= 4 is 17.2 Å². The van der Waals surface area contributed by atoms with Gasteiger partial charge in [-0.1, -0.05) is 0 Å². The van der Waals surface area contributed by atoms with Crippen molar-refractivity contribution in [3.05, 3.63) is 16.6 Å². The second-order valence-electron chi connectivity index (χ2n) is 5.47. The molecule has 0 aliphatic carbocycles. The highest BCUT2D eigenvalue weighted by Gasteiger charge is 2.38. The van der Waals surface area contributed by atoms with Gasteiger partial charge < -0.3 is 10.2 Å². The molecule has 0 aromatic carbocycles. The SMILES string of the molecule is CN1C2CCC1CC(CNC(=O)c1cscn1)C2. The van der Waals surface area contributed by atoms with Crippen molar-refractivity contribution in [2.75, 3.05) is 13.6 Å². The zero-order chi connectivity index (χ0) is 12.5. The van der Waals surface area contributed by atoms with Crippen molar-refractivity contribution in [1.82, 2.24) is 15.2 Å². The van der Waals surface area contributed by atoms with Crippen molar-refractivity contribution in [2.24, 2.45) is 5.92 Å². The van der Waals surface area contributed by atoms with E-state index in [2.05, 4.69) is 22.2 Å². The van der Waals surface area contributed by atoms with Gasteiger partial charge in [-0.3, -0.25) is 4.79 Å². The van der Waals surface area contributed by atoms with E-state index in [1.807, 2.05) is 0 Å². The Hall–Kier alpha value is -0.940. The van der Waals surface area contributed by atoms with Crippen molar-refractivity contribution in [3.63, 3.8) is 0 Å². The molecule has 1 aromatic heterocycles. The Labute approximate surface area is 111 Å². The molecule has 4 nitrogen and oxygen atoms in total. The second kappa shape index (κ2) is 4.97. The summed E-state index contributed by atoms with van der Waals surface area (Å²) in [5.74, 6) is 0.615. The van der Waals surface area contributed by atoms with Crippen LogP contribution in [0, 0.1) is 5.92 Å². The maximum absolute atomic E-state index is 11.8. The largest absolute Gasteiger partial charge is 0.350 e. The van der Waals surface area contributed by atoms with Crippen LogP contribution in [0.3, 0.4) is 0 Å². The summed E-state index contributed by atoms with van der Waals surface area (Å²) in [6.07, 6.45) is 5.12. The van der Waals surface area contributed by atoms with Gasteiger partial charge in [-0.25, -0.2) is 4.98 Å². The van der Waals surface area contributed by atoms with Gasteiger partial charge in [-0.15, -0.1) is 11.3 Å². The predicted molar refractivity (Wildman–Crippen MR) is 71.7 cm³/mol. The van der Waals surface area contributed by atoms with Gasteiger partial charge in [0.1, 0.15) is 5.69 Å². The second-order valence-corrected chi connectivity index (χ2v) is 6.19. The van der Waals surface area contributed by atoms with E-state index in [1.165, 1.54) is 37.0 Å². The molecule has 98 valence electrons. The Morgan fingerprint density at radius 1 is 1.50 bits per heavy atom. The Bertz CT molecular complexity index is 406. The van der Waals surface area contributed by atoms with E-state index >= 15 is 0 Å². The molecule has 3 heterocycles. The van der Waals surface area contributed by atoms with Crippen molar-refractivity contribution in [2.45, 2.75) is 37.8 Å². The quantitative estimate of drug-likeness (QED) is 0.905. The number of thiazole rings is 1. The number of hydrogen-bond donors (Lipinski definition) is 1. The maximum Gasteiger partial charge on any atom is 0.270 e. The molecule has 1 amide bonds. The zero-order valence-corrected chi connectivity index (χ0v) is 11.4. The molecule has 1 N–H and O–H groups in total. The lowest BCUT2D eigenvalue weighted by Gasteiger charge is -2.36. The summed E-state index contributed by atoms with van der Waals surface area (Å²) in [6, 6.07) is 1.48. The van der Waals surface area contributed by atoms with Crippen LogP contribution in [0.25, 0.3) is 0 Å². The van der Waals surface area contributed by atoms with Crippen LogP contribution in [0.2, 0.25) is 0 Å². The summed E-state index contributed by atoms with van der Waals surface area (Å²) in [6.45, 7) is 0.803. The molecule has 18 heavy (non-hydrogen) atoms. The monoisotopic (exact) mass is 265 g/mol. The smallest absolute Gasteiger partial charge is 0.270 e. The van der Waals surface area contributed by atoms with Crippen molar-refractivity contribution in [3.8, 4) is 0 Å². The number of amides is 1. The van der Waals surface area contributed by atoms with E-state index in [0.717, 1.165) is 18.6 Å². The normalized spacial score (nSPS) is 31.5. The van der Waals surface area contributed by atoms with E-state index in [9.17, 15) is 4.79 Å². The highest BCUT2D eigenvalue weighted by Crippen LogP contribution is 2.36. The number of aromatic nitrogens is 1. The van der Waals surface area contributed by atoms with Crippen LogP contribution < -0.4 is 5.32 Å². The van der Waals surface area contributed by atoms with Gasteiger partial charge in [0.25, 0.3) is 5.91 Å². The Morgan fingerprint density at radius 2 is 2.22 bits per heavy atom. The molecule has 0 radical (unpaired) electrons. The van der Waals surface area contributed by atoms with Crippen LogP contribution in [0.15, 0.2) is 10.9 Å². The van der Waals surface area contributed by atoms with Gasteiger partial charge >= 0.3 is 0 Å². The van der Waals surface area contributed by atoms with Gasteiger partial charge in [0.05, 0.1) is 5.51 Å². The first-order chi connectivity index (χ1) is 8.74. The van der Waals surface area contributed by atoms with Gasteiger partial charge in [-0.2, -0.15) is 0 Å². The average molecular weight is 265 g/mol. The van der Waals surface area contributed by atoms with Gasteiger partial charge in [0.2, 0.25) is 0 Å². The number of carbonyl (C=O) groups excluding carboxylic acids is 1. The number of hydrogen-bond acceptors (Lipinski definition) is 4. The van der Waals surface area contributed by atoms with Crippen LogP contribution in [0.5, 0.6) is 0 Å².